The average Bonchev–Trinajstić information content (AvgIpc) is 2.62. The molecular formula is C20H24N2OS. The Hall–Kier alpha value is -1.78. The van der Waals surface area contributed by atoms with E-state index in [0.29, 0.717) is 6.04 Å². The van der Waals surface area contributed by atoms with E-state index in [2.05, 4.69) is 41.3 Å². The Labute approximate surface area is 148 Å². The maximum Gasteiger partial charge on any atom is 0.253 e. The van der Waals surface area contributed by atoms with Gasteiger partial charge in [0.15, 0.2) is 0 Å². The molecule has 24 heavy (non-hydrogen) atoms. The first kappa shape index (κ1) is 17.1. The van der Waals surface area contributed by atoms with Crippen LogP contribution >= 0.6 is 11.8 Å². The third-order valence-corrected chi connectivity index (χ3v) is 5.41. The summed E-state index contributed by atoms with van der Waals surface area (Å²) in [4.78, 5) is 16.3. The van der Waals surface area contributed by atoms with Gasteiger partial charge in [0.2, 0.25) is 0 Å². The highest BCUT2D eigenvalue weighted by atomic mass is 32.2. The maximum atomic E-state index is 12.2. The van der Waals surface area contributed by atoms with E-state index in [-0.39, 0.29) is 5.91 Å². The summed E-state index contributed by atoms with van der Waals surface area (Å²) < 4.78 is 0. The van der Waals surface area contributed by atoms with Crippen LogP contribution < -0.4 is 0 Å². The molecule has 0 unspecified atom stereocenters. The van der Waals surface area contributed by atoms with Crippen molar-refractivity contribution < 1.29 is 4.79 Å². The lowest BCUT2D eigenvalue weighted by Crippen LogP contribution is -2.35. The number of carbonyl (C=O) groups excluding carboxylic acids is 1. The predicted molar refractivity (Wildman–Crippen MR) is 101 cm³/mol. The lowest BCUT2D eigenvalue weighted by atomic mass is 10.0. The van der Waals surface area contributed by atoms with Gasteiger partial charge in [-0.1, -0.05) is 42.5 Å². The summed E-state index contributed by atoms with van der Waals surface area (Å²) in [5.74, 6) is 2.35. The summed E-state index contributed by atoms with van der Waals surface area (Å²) in [7, 11) is 3.59. The molecule has 4 heteroatoms. The Balaban J connectivity index is 1.78. The van der Waals surface area contributed by atoms with Crippen molar-refractivity contribution in [1.29, 1.82) is 0 Å². The van der Waals surface area contributed by atoms with Crippen molar-refractivity contribution in [2.45, 2.75) is 12.6 Å². The van der Waals surface area contributed by atoms with E-state index in [1.807, 2.05) is 30.0 Å². The first-order valence-corrected chi connectivity index (χ1v) is 9.48. The van der Waals surface area contributed by atoms with Gasteiger partial charge in [-0.15, -0.1) is 0 Å². The molecule has 2 aromatic carbocycles. The zero-order valence-corrected chi connectivity index (χ0v) is 15.1. The molecule has 0 radical (unpaired) electrons. The summed E-state index contributed by atoms with van der Waals surface area (Å²) in [5.41, 5.74) is 3.35. The fourth-order valence-electron chi connectivity index (χ4n) is 3.10. The topological polar surface area (TPSA) is 23.6 Å². The Bertz CT molecular complexity index is 687. The lowest BCUT2D eigenvalue weighted by Gasteiger charge is -2.35. The minimum absolute atomic E-state index is 0.0608. The molecule has 2 aromatic rings. The quantitative estimate of drug-likeness (QED) is 0.848. The zero-order chi connectivity index (χ0) is 16.9. The summed E-state index contributed by atoms with van der Waals surface area (Å²) in [6.07, 6.45) is 0. The summed E-state index contributed by atoms with van der Waals surface area (Å²) in [5, 5.41) is 0. The van der Waals surface area contributed by atoms with Crippen molar-refractivity contribution in [2.75, 3.05) is 32.1 Å². The number of hydrogen-bond donors (Lipinski definition) is 0. The number of rotatable bonds is 4. The smallest absolute Gasteiger partial charge is 0.253 e. The number of hydrogen-bond acceptors (Lipinski definition) is 3. The van der Waals surface area contributed by atoms with Gasteiger partial charge in [0.1, 0.15) is 0 Å². The largest absolute Gasteiger partial charge is 0.345 e. The molecule has 1 heterocycles. The van der Waals surface area contributed by atoms with Gasteiger partial charge in [0.25, 0.3) is 5.91 Å². The number of benzene rings is 2. The summed E-state index contributed by atoms with van der Waals surface area (Å²) in [6.45, 7) is 1.96. The highest BCUT2D eigenvalue weighted by Crippen LogP contribution is 2.30. The van der Waals surface area contributed by atoms with E-state index in [9.17, 15) is 4.79 Å². The van der Waals surface area contributed by atoms with Gasteiger partial charge in [0.05, 0.1) is 0 Å². The van der Waals surface area contributed by atoms with Gasteiger partial charge in [-0.05, 0) is 23.3 Å². The zero-order valence-electron chi connectivity index (χ0n) is 14.3. The van der Waals surface area contributed by atoms with Crippen LogP contribution in [-0.4, -0.2) is 47.9 Å². The van der Waals surface area contributed by atoms with Crippen LogP contribution in [0.3, 0.4) is 0 Å². The van der Waals surface area contributed by atoms with Gasteiger partial charge < -0.3 is 4.90 Å². The van der Waals surface area contributed by atoms with Crippen LogP contribution in [-0.2, 0) is 6.54 Å². The molecule has 1 amide bonds. The Morgan fingerprint density at radius 1 is 1.17 bits per heavy atom. The molecule has 1 aliphatic rings. The van der Waals surface area contributed by atoms with Crippen LogP contribution in [0.25, 0.3) is 0 Å². The SMILES string of the molecule is CN(C)C(=O)c1cccc(CN2CCSC[C@@H]2c2ccccc2)c1. The van der Waals surface area contributed by atoms with Crippen molar-refractivity contribution in [2.24, 2.45) is 0 Å². The molecule has 0 saturated carbocycles. The van der Waals surface area contributed by atoms with Gasteiger partial charge >= 0.3 is 0 Å². The highest BCUT2D eigenvalue weighted by molar-refractivity contribution is 7.99. The number of carbonyl (C=O) groups is 1. The summed E-state index contributed by atoms with van der Waals surface area (Å²) >= 11 is 2.02. The predicted octanol–water partition coefficient (Wildman–Crippen LogP) is 3.68. The second-order valence-electron chi connectivity index (χ2n) is 6.37. The minimum atomic E-state index is 0.0608. The molecule has 0 aromatic heterocycles. The third-order valence-electron chi connectivity index (χ3n) is 4.39. The molecular weight excluding hydrogens is 316 g/mol. The molecule has 0 aliphatic carbocycles. The molecule has 1 atom stereocenters. The molecule has 0 bridgehead atoms. The van der Waals surface area contributed by atoms with Crippen molar-refractivity contribution in [3.63, 3.8) is 0 Å². The van der Waals surface area contributed by atoms with Gasteiger partial charge in [-0.3, -0.25) is 9.69 Å². The molecule has 3 nitrogen and oxygen atoms in total. The van der Waals surface area contributed by atoms with Crippen LogP contribution in [0.5, 0.6) is 0 Å². The Kier molecular flexibility index (Phi) is 5.59. The van der Waals surface area contributed by atoms with E-state index in [4.69, 9.17) is 0 Å². The van der Waals surface area contributed by atoms with E-state index in [1.54, 1.807) is 19.0 Å². The standard InChI is InChI=1S/C20H24N2OS/c1-21(2)20(23)18-10-6-7-16(13-18)14-22-11-12-24-15-19(22)17-8-4-3-5-9-17/h3-10,13,19H,11-12,14-15H2,1-2H3/t19-/m1/s1. The molecule has 3 rings (SSSR count). The van der Waals surface area contributed by atoms with Gasteiger partial charge in [-0.25, -0.2) is 0 Å². The van der Waals surface area contributed by atoms with Crippen molar-refractivity contribution in [1.82, 2.24) is 9.80 Å². The van der Waals surface area contributed by atoms with Crippen molar-refractivity contribution in [3.8, 4) is 0 Å². The monoisotopic (exact) mass is 340 g/mol. The molecule has 126 valence electrons. The van der Waals surface area contributed by atoms with E-state index in [1.165, 1.54) is 16.9 Å². The molecule has 1 aliphatic heterocycles. The number of thioether (sulfide) groups is 1. The minimum Gasteiger partial charge on any atom is -0.345 e. The molecule has 1 fully saturated rings. The van der Waals surface area contributed by atoms with Crippen LogP contribution in [0.4, 0.5) is 0 Å². The second kappa shape index (κ2) is 7.86. The summed E-state index contributed by atoms with van der Waals surface area (Å²) in [6, 6.07) is 19.2. The highest BCUT2D eigenvalue weighted by Gasteiger charge is 2.24. The molecule has 0 spiro atoms. The number of amides is 1. The van der Waals surface area contributed by atoms with Crippen molar-refractivity contribution >= 4 is 17.7 Å². The molecule has 1 saturated heterocycles. The van der Waals surface area contributed by atoms with Gasteiger partial charge in [-0.2, -0.15) is 11.8 Å². The maximum absolute atomic E-state index is 12.2. The lowest BCUT2D eigenvalue weighted by molar-refractivity contribution is 0.0827. The second-order valence-corrected chi connectivity index (χ2v) is 7.52. The van der Waals surface area contributed by atoms with Crippen LogP contribution in [0.2, 0.25) is 0 Å². The normalized spacial score (nSPS) is 18.3. The van der Waals surface area contributed by atoms with Crippen LogP contribution in [0, 0.1) is 0 Å². The first-order valence-electron chi connectivity index (χ1n) is 8.32. The fourth-order valence-corrected chi connectivity index (χ4v) is 4.26. The van der Waals surface area contributed by atoms with Crippen LogP contribution in [0.15, 0.2) is 54.6 Å². The molecule has 0 N–H and O–H groups in total. The Morgan fingerprint density at radius 3 is 2.71 bits per heavy atom. The average molecular weight is 340 g/mol. The van der Waals surface area contributed by atoms with E-state index < -0.39 is 0 Å². The number of nitrogens with zero attached hydrogens (tertiary/aromatic N) is 2. The van der Waals surface area contributed by atoms with Crippen LogP contribution in [0.1, 0.15) is 27.5 Å². The third kappa shape index (κ3) is 4.00. The first-order chi connectivity index (χ1) is 11.6. The fraction of sp³-hybridized carbons (Fsp3) is 0.350. The van der Waals surface area contributed by atoms with Gasteiger partial charge in [0, 0.05) is 50.3 Å². The van der Waals surface area contributed by atoms with Crippen molar-refractivity contribution in [3.05, 3.63) is 71.3 Å². The van der Waals surface area contributed by atoms with E-state index >= 15 is 0 Å². The Morgan fingerprint density at radius 2 is 1.96 bits per heavy atom. The van der Waals surface area contributed by atoms with E-state index in [0.717, 1.165) is 24.4 Å².